The zero-order valence-corrected chi connectivity index (χ0v) is 18.0. The number of benzene rings is 2. The van der Waals surface area contributed by atoms with E-state index in [2.05, 4.69) is 25.7 Å². The fraction of sp³-hybridized carbons (Fsp3) is 0.458. The Bertz CT molecular complexity index is 812. The number of aryl methyl sites for hydroxylation is 1. The van der Waals surface area contributed by atoms with E-state index in [0.717, 1.165) is 29.8 Å². The van der Waals surface area contributed by atoms with Crippen molar-refractivity contribution in [1.82, 2.24) is 4.90 Å². The molecule has 0 aliphatic rings. The second-order valence-electron chi connectivity index (χ2n) is 7.36. The molecule has 2 rings (SSSR count). The Hall–Kier alpha value is -2.17. The first-order valence-electron chi connectivity index (χ1n) is 10.0. The van der Waals surface area contributed by atoms with Crippen molar-refractivity contribution >= 4 is 5.97 Å². The van der Waals surface area contributed by atoms with Gasteiger partial charge in [-0.2, -0.15) is 0 Å². The Kier molecular flexibility index (Phi) is 7.39. The molecule has 0 aliphatic carbocycles. The molecule has 28 heavy (non-hydrogen) atoms. The van der Waals surface area contributed by atoms with E-state index in [9.17, 15) is 9.90 Å². The van der Waals surface area contributed by atoms with Crippen LogP contribution in [0.2, 0.25) is 0 Å². The summed E-state index contributed by atoms with van der Waals surface area (Å²) in [6.07, 6.45) is 0. The Labute approximate surface area is 169 Å². The first-order valence-corrected chi connectivity index (χ1v) is 10.0. The van der Waals surface area contributed by atoms with Crippen LogP contribution in [0.4, 0.5) is 0 Å². The molecule has 0 amide bonds. The van der Waals surface area contributed by atoms with Gasteiger partial charge in [0.2, 0.25) is 5.60 Å². The van der Waals surface area contributed by atoms with Crippen molar-refractivity contribution in [2.45, 2.75) is 47.1 Å². The molecule has 152 valence electrons. The molecule has 4 heteroatoms. The van der Waals surface area contributed by atoms with E-state index in [0.29, 0.717) is 17.7 Å². The van der Waals surface area contributed by atoms with Crippen molar-refractivity contribution in [3.05, 3.63) is 69.8 Å². The van der Waals surface area contributed by atoms with E-state index in [-0.39, 0.29) is 6.61 Å². The van der Waals surface area contributed by atoms with Crippen molar-refractivity contribution in [3.8, 4) is 0 Å². The highest BCUT2D eigenvalue weighted by atomic mass is 16.5. The lowest BCUT2D eigenvalue weighted by Gasteiger charge is -2.30. The molecule has 0 aromatic heterocycles. The van der Waals surface area contributed by atoms with Gasteiger partial charge < -0.3 is 14.7 Å². The molecule has 0 saturated carbocycles. The third-order valence-electron chi connectivity index (χ3n) is 5.89. The summed E-state index contributed by atoms with van der Waals surface area (Å²) >= 11 is 0. The van der Waals surface area contributed by atoms with Gasteiger partial charge in [-0.05, 0) is 68.6 Å². The molecule has 2 aromatic rings. The predicted molar refractivity (Wildman–Crippen MR) is 114 cm³/mol. The summed E-state index contributed by atoms with van der Waals surface area (Å²) in [6.45, 7) is 14.9. The van der Waals surface area contributed by atoms with Crippen LogP contribution in [0.3, 0.4) is 0 Å². The molecular weight excluding hydrogens is 350 g/mol. The van der Waals surface area contributed by atoms with Gasteiger partial charge in [-0.1, -0.05) is 50.2 Å². The van der Waals surface area contributed by atoms with Gasteiger partial charge in [0, 0.05) is 12.1 Å². The van der Waals surface area contributed by atoms with Crippen molar-refractivity contribution in [1.29, 1.82) is 0 Å². The maximum Gasteiger partial charge on any atom is 0.347 e. The third kappa shape index (κ3) is 4.29. The molecule has 0 heterocycles. The summed E-state index contributed by atoms with van der Waals surface area (Å²) in [7, 11) is 0. The monoisotopic (exact) mass is 383 g/mol. The SMILES string of the molecule is CCN(CC)CCOC(=O)[C@@](O)(c1ccccc1)c1cc(C)c(C)c(C)c1C. The van der Waals surface area contributed by atoms with Crippen LogP contribution in [0.1, 0.15) is 47.2 Å². The second-order valence-corrected chi connectivity index (χ2v) is 7.36. The molecule has 0 bridgehead atoms. The highest BCUT2D eigenvalue weighted by Gasteiger charge is 2.43. The van der Waals surface area contributed by atoms with Crippen LogP contribution in [-0.2, 0) is 15.1 Å². The van der Waals surface area contributed by atoms with E-state index in [1.165, 1.54) is 5.56 Å². The molecular formula is C24H33NO3. The van der Waals surface area contributed by atoms with Crippen molar-refractivity contribution in [2.75, 3.05) is 26.2 Å². The number of esters is 1. The largest absolute Gasteiger partial charge is 0.462 e. The highest BCUT2D eigenvalue weighted by Crippen LogP contribution is 2.36. The summed E-state index contributed by atoms with van der Waals surface area (Å²) in [4.78, 5) is 15.4. The summed E-state index contributed by atoms with van der Waals surface area (Å²) in [5, 5.41) is 11.7. The van der Waals surface area contributed by atoms with Gasteiger partial charge in [-0.3, -0.25) is 0 Å². The maximum atomic E-state index is 13.2. The van der Waals surface area contributed by atoms with Crippen LogP contribution in [0.15, 0.2) is 36.4 Å². The summed E-state index contributed by atoms with van der Waals surface area (Å²) in [6, 6.07) is 11.0. The minimum absolute atomic E-state index is 0.249. The van der Waals surface area contributed by atoms with E-state index in [1.54, 1.807) is 12.1 Å². The Morgan fingerprint density at radius 1 is 1.00 bits per heavy atom. The van der Waals surface area contributed by atoms with Crippen molar-refractivity contribution in [2.24, 2.45) is 0 Å². The maximum absolute atomic E-state index is 13.2. The van der Waals surface area contributed by atoms with Crippen LogP contribution < -0.4 is 0 Å². The van der Waals surface area contributed by atoms with E-state index >= 15 is 0 Å². The molecule has 1 atom stereocenters. The minimum Gasteiger partial charge on any atom is -0.462 e. The number of carbonyl (C=O) groups excluding carboxylic acids is 1. The van der Waals surface area contributed by atoms with Crippen LogP contribution in [0, 0.1) is 27.7 Å². The van der Waals surface area contributed by atoms with Crippen LogP contribution >= 0.6 is 0 Å². The molecule has 0 saturated heterocycles. The summed E-state index contributed by atoms with van der Waals surface area (Å²) in [5.74, 6) is -0.628. The highest BCUT2D eigenvalue weighted by molar-refractivity contribution is 5.86. The predicted octanol–water partition coefficient (Wildman–Crippen LogP) is 4.04. The van der Waals surface area contributed by atoms with Gasteiger partial charge in [0.25, 0.3) is 0 Å². The molecule has 0 radical (unpaired) electrons. The number of rotatable bonds is 8. The lowest BCUT2D eigenvalue weighted by atomic mass is 9.80. The fourth-order valence-electron chi connectivity index (χ4n) is 3.56. The summed E-state index contributed by atoms with van der Waals surface area (Å²) < 4.78 is 5.58. The normalized spacial score (nSPS) is 13.4. The van der Waals surface area contributed by atoms with Gasteiger partial charge >= 0.3 is 5.97 Å². The number of hydrogen-bond donors (Lipinski definition) is 1. The molecule has 0 fully saturated rings. The minimum atomic E-state index is -1.84. The van der Waals surface area contributed by atoms with Crippen molar-refractivity contribution < 1.29 is 14.6 Å². The number of carbonyl (C=O) groups is 1. The zero-order chi connectivity index (χ0) is 20.9. The Balaban J connectivity index is 2.47. The standard InChI is InChI=1S/C24H33NO3/c1-7-25(8-2)14-15-28-23(26)24(27,21-12-10-9-11-13-21)22-16-17(3)18(4)19(5)20(22)6/h9-13,16,27H,7-8,14-15H2,1-6H3/t24-/m1/s1. The van der Waals surface area contributed by atoms with Gasteiger partial charge in [-0.15, -0.1) is 0 Å². The number of nitrogens with zero attached hydrogens (tertiary/aromatic N) is 1. The molecule has 0 aliphatic heterocycles. The average Bonchev–Trinajstić information content (AvgIpc) is 2.72. The lowest BCUT2D eigenvalue weighted by Crippen LogP contribution is -2.41. The van der Waals surface area contributed by atoms with E-state index in [4.69, 9.17) is 4.74 Å². The zero-order valence-electron chi connectivity index (χ0n) is 18.0. The van der Waals surface area contributed by atoms with E-state index < -0.39 is 11.6 Å². The number of likely N-dealkylation sites (N-methyl/N-ethyl adjacent to an activating group) is 1. The van der Waals surface area contributed by atoms with Gasteiger partial charge in [0.1, 0.15) is 6.61 Å². The topological polar surface area (TPSA) is 49.8 Å². The second kappa shape index (κ2) is 9.35. The third-order valence-corrected chi connectivity index (χ3v) is 5.89. The number of hydrogen-bond acceptors (Lipinski definition) is 4. The van der Waals surface area contributed by atoms with Gasteiger partial charge in [0.05, 0.1) is 0 Å². The van der Waals surface area contributed by atoms with Crippen LogP contribution in [0.5, 0.6) is 0 Å². The average molecular weight is 384 g/mol. The lowest BCUT2D eigenvalue weighted by molar-refractivity contribution is -0.162. The Morgan fingerprint density at radius 3 is 2.18 bits per heavy atom. The molecule has 0 unspecified atom stereocenters. The number of ether oxygens (including phenoxy) is 1. The summed E-state index contributed by atoms with van der Waals surface area (Å²) in [5.41, 5.74) is 3.49. The smallest absolute Gasteiger partial charge is 0.347 e. The molecule has 0 spiro atoms. The molecule has 1 N–H and O–H groups in total. The quantitative estimate of drug-likeness (QED) is 0.699. The van der Waals surface area contributed by atoms with Crippen molar-refractivity contribution in [3.63, 3.8) is 0 Å². The Morgan fingerprint density at radius 2 is 1.61 bits per heavy atom. The van der Waals surface area contributed by atoms with Gasteiger partial charge in [0.15, 0.2) is 0 Å². The van der Waals surface area contributed by atoms with Crippen LogP contribution in [-0.4, -0.2) is 42.2 Å². The van der Waals surface area contributed by atoms with Gasteiger partial charge in [-0.25, -0.2) is 4.79 Å². The fourth-order valence-corrected chi connectivity index (χ4v) is 3.56. The molecule has 2 aromatic carbocycles. The first kappa shape index (κ1) is 22.1. The first-order chi connectivity index (χ1) is 13.3. The van der Waals surface area contributed by atoms with Crippen LogP contribution in [0.25, 0.3) is 0 Å². The number of aliphatic hydroxyl groups is 1. The molecule has 4 nitrogen and oxygen atoms in total. The van der Waals surface area contributed by atoms with E-state index in [1.807, 2.05) is 45.0 Å².